The quantitative estimate of drug-likeness (QED) is 0.0948. The maximum Gasteiger partial charge on any atom is 0.211 e. The monoisotopic (exact) mass is 800 g/mol. The predicted octanol–water partition coefficient (Wildman–Crippen LogP) is 11.3. The van der Waals surface area contributed by atoms with Crippen LogP contribution in [0.15, 0.2) is 211 Å². The Morgan fingerprint density at radius 1 is 0.473 bits per heavy atom. The van der Waals surface area contributed by atoms with Gasteiger partial charge in [-0.15, -0.1) is 11.8 Å². The fourth-order valence-electron chi connectivity index (χ4n) is 5.85. The molecule has 0 N–H and O–H groups in total. The van der Waals surface area contributed by atoms with E-state index in [1.807, 2.05) is 103 Å². The standard InChI is InChI=1S/C45H36O6S4/c46-54(47,33-36-23-11-3-12-24-36)44-41(51-37-25-13-4-14-26-37)43(53-38-27-15-5-16-28-38)45(55(48,49)39-29-17-6-18-30-39)40(50-31-34-19-7-1-8-20-34)42(44)52-32-35-21-9-2-10-22-35/h1-30H,31-33H2. The SMILES string of the molecule is O=S(=O)(Cc1ccccc1)c1c(Oc2ccccc2)c(Sc2ccccc2)c(S(=O)(=O)c2ccccc2)c(OCc2ccccc2)c1SCc1ccccc1. The van der Waals surface area contributed by atoms with Crippen LogP contribution in [0.1, 0.15) is 16.7 Å². The maximum atomic E-state index is 15.3. The molecule has 55 heavy (non-hydrogen) atoms. The van der Waals surface area contributed by atoms with E-state index in [0.29, 0.717) is 22.0 Å². The minimum absolute atomic E-state index is 0.0243. The first-order valence-corrected chi connectivity index (χ1v) is 22.3. The zero-order valence-electron chi connectivity index (χ0n) is 29.5. The number of hydrogen-bond donors (Lipinski definition) is 0. The van der Waals surface area contributed by atoms with Crippen molar-refractivity contribution in [3.05, 3.63) is 199 Å². The number of benzene rings is 7. The van der Waals surface area contributed by atoms with Gasteiger partial charge in [-0.2, -0.15) is 0 Å². The van der Waals surface area contributed by atoms with E-state index in [-0.39, 0.29) is 48.3 Å². The lowest BCUT2D eigenvalue weighted by Gasteiger charge is -2.26. The normalized spacial score (nSPS) is 11.6. The third-order valence-corrected chi connectivity index (χ3v) is 14.5. The zero-order chi connectivity index (χ0) is 38.1. The molecule has 0 aliphatic carbocycles. The van der Waals surface area contributed by atoms with Gasteiger partial charge in [0, 0.05) is 10.6 Å². The van der Waals surface area contributed by atoms with Gasteiger partial charge in [-0.1, -0.05) is 157 Å². The van der Waals surface area contributed by atoms with Gasteiger partial charge in [0.2, 0.25) is 9.84 Å². The van der Waals surface area contributed by atoms with Crippen LogP contribution in [-0.4, -0.2) is 16.8 Å². The van der Waals surface area contributed by atoms with Crippen molar-refractivity contribution in [3.63, 3.8) is 0 Å². The first-order valence-electron chi connectivity index (χ1n) is 17.4. The molecule has 0 radical (unpaired) electrons. The van der Waals surface area contributed by atoms with E-state index < -0.39 is 19.7 Å². The highest BCUT2D eigenvalue weighted by Gasteiger charge is 2.39. The molecule has 6 nitrogen and oxygen atoms in total. The smallest absolute Gasteiger partial charge is 0.211 e. The van der Waals surface area contributed by atoms with E-state index in [4.69, 9.17) is 9.47 Å². The summed E-state index contributed by atoms with van der Waals surface area (Å²) in [6.07, 6.45) is 0. The molecule has 7 aromatic carbocycles. The van der Waals surface area contributed by atoms with Crippen molar-refractivity contribution in [2.24, 2.45) is 0 Å². The van der Waals surface area contributed by atoms with Crippen molar-refractivity contribution in [1.82, 2.24) is 0 Å². The second kappa shape index (κ2) is 17.5. The molecule has 0 saturated carbocycles. The first kappa shape index (κ1) is 38.0. The van der Waals surface area contributed by atoms with Crippen LogP contribution in [0.2, 0.25) is 0 Å². The molecule has 276 valence electrons. The first-order chi connectivity index (χ1) is 26.8. The molecule has 0 aliphatic heterocycles. The lowest BCUT2D eigenvalue weighted by molar-refractivity contribution is 0.284. The van der Waals surface area contributed by atoms with Gasteiger partial charge in [-0.3, -0.25) is 0 Å². The molecule has 7 rings (SSSR count). The fraction of sp³-hybridized carbons (Fsp3) is 0.0667. The number of thioether (sulfide) groups is 1. The third kappa shape index (κ3) is 9.17. The Kier molecular flexibility index (Phi) is 12.1. The summed E-state index contributed by atoms with van der Waals surface area (Å²) in [7, 11) is -8.68. The molecule has 0 fully saturated rings. The summed E-state index contributed by atoms with van der Waals surface area (Å²) in [4.78, 5) is 0.624. The maximum absolute atomic E-state index is 15.3. The fourth-order valence-corrected chi connectivity index (χ4v) is 12.0. The Labute approximate surface area is 331 Å². The van der Waals surface area contributed by atoms with E-state index >= 15 is 16.8 Å². The Morgan fingerprint density at radius 3 is 1.55 bits per heavy atom. The number of rotatable bonds is 15. The summed E-state index contributed by atoms with van der Waals surface area (Å²) in [5.74, 6) is 0.147. The zero-order valence-corrected chi connectivity index (χ0v) is 32.8. The van der Waals surface area contributed by atoms with Crippen LogP contribution in [0.25, 0.3) is 0 Å². The average molecular weight is 801 g/mol. The van der Waals surface area contributed by atoms with Crippen LogP contribution in [-0.2, 0) is 37.8 Å². The molecule has 0 aromatic heterocycles. The highest BCUT2D eigenvalue weighted by molar-refractivity contribution is 8.01. The molecule has 0 unspecified atom stereocenters. The molecule has 0 amide bonds. The minimum Gasteiger partial charge on any atom is -0.486 e. The number of sulfone groups is 2. The van der Waals surface area contributed by atoms with E-state index in [1.54, 1.807) is 66.7 Å². The summed E-state index contributed by atoms with van der Waals surface area (Å²) < 4.78 is 74.3. The van der Waals surface area contributed by atoms with E-state index in [1.165, 1.54) is 23.9 Å². The van der Waals surface area contributed by atoms with Crippen LogP contribution in [0.4, 0.5) is 0 Å². The van der Waals surface area contributed by atoms with Crippen molar-refractivity contribution < 1.29 is 26.3 Å². The summed E-state index contributed by atoms with van der Waals surface area (Å²) in [5, 5.41) is 0. The minimum atomic E-state index is -4.40. The van der Waals surface area contributed by atoms with Crippen molar-refractivity contribution in [3.8, 4) is 17.2 Å². The van der Waals surface area contributed by atoms with Crippen molar-refractivity contribution in [2.45, 2.75) is 47.5 Å². The van der Waals surface area contributed by atoms with E-state index in [9.17, 15) is 0 Å². The van der Waals surface area contributed by atoms with E-state index in [0.717, 1.165) is 22.9 Å². The molecule has 0 bridgehead atoms. The third-order valence-electron chi connectivity index (χ3n) is 8.45. The molecule has 0 aliphatic rings. The molecule has 0 atom stereocenters. The Balaban J connectivity index is 1.61. The molecular weight excluding hydrogens is 765 g/mol. The van der Waals surface area contributed by atoms with Crippen molar-refractivity contribution in [2.75, 3.05) is 0 Å². The van der Waals surface area contributed by atoms with Crippen molar-refractivity contribution >= 4 is 43.2 Å². The van der Waals surface area contributed by atoms with Gasteiger partial charge >= 0.3 is 0 Å². The predicted molar refractivity (Wildman–Crippen MR) is 220 cm³/mol. The lowest BCUT2D eigenvalue weighted by Crippen LogP contribution is -2.15. The van der Waals surface area contributed by atoms with Gasteiger partial charge < -0.3 is 9.47 Å². The van der Waals surface area contributed by atoms with Crippen LogP contribution < -0.4 is 9.47 Å². The topological polar surface area (TPSA) is 86.7 Å². The van der Waals surface area contributed by atoms with Gasteiger partial charge in [-0.25, -0.2) is 16.8 Å². The largest absolute Gasteiger partial charge is 0.486 e. The number of hydrogen-bond acceptors (Lipinski definition) is 8. The number of para-hydroxylation sites is 1. The van der Waals surface area contributed by atoms with Gasteiger partial charge in [0.15, 0.2) is 21.3 Å². The molecule has 0 spiro atoms. The Morgan fingerprint density at radius 2 is 0.964 bits per heavy atom. The number of ether oxygens (including phenoxy) is 2. The second-order valence-corrected chi connectivity index (χ2v) is 18.3. The highest BCUT2D eigenvalue weighted by Crippen LogP contribution is 2.56. The summed E-state index contributed by atoms with van der Waals surface area (Å²) in [6.45, 7) is -0.0243. The molecular formula is C45H36O6S4. The second-order valence-electron chi connectivity index (χ2n) is 12.4. The van der Waals surface area contributed by atoms with Crippen molar-refractivity contribution in [1.29, 1.82) is 0 Å². The molecule has 7 aromatic rings. The summed E-state index contributed by atoms with van der Waals surface area (Å²) in [5.41, 5.74) is 2.26. The van der Waals surface area contributed by atoms with Gasteiger partial charge in [0.05, 0.1) is 20.4 Å². The van der Waals surface area contributed by atoms with Gasteiger partial charge in [-0.05, 0) is 53.1 Å². The summed E-state index contributed by atoms with van der Waals surface area (Å²) >= 11 is 2.33. The lowest BCUT2D eigenvalue weighted by atomic mass is 10.2. The van der Waals surface area contributed by atoms with Crippen LogP contribution >= 0.6 is 23.5 Å². The van der Waals surface area contributed by atoms with Gasteiger partial charge in [0.1, 0.15) is 22.1 Å². The van der Waals surface area contributed by atoms with Crippen LogP contribution in [0.5, 0.6) is 17.2 Å². The Hall–Kier alpha value is -5.26. The molecule has 10 heteroatoms. The van der Waals surface area contributed by atoms with Gasteiger partial charge in [0.25, 0.3) is 0 Å². The molecule has 0 heterocycles. The Bertz CT molecular complexity index is 2560. The summed E-state index contributed by atoms with van der Waals surface area (Å²) in [6, 6.07) is 54.1. The highest BCUT2D eigenvalue weighted by atomic mass is 32.2. The van der Waals surface area contributed by atoms with E-state index in [2.05, 4.69) is 0 Å². The van der Waals surface area contributed by atoms with Crippen LogP contribution in [0.3, 0.4) is 0 Å². The average Bonchev–Trinajstić information content (AvgIpc) is 3.22. The van der Waals surface area contributed by atoms with Crippen LogP contribution in [0, 0.1) is 0 Å². The molecule has 0 saturated heterocycles.